The average molecular weight is 409 g/mol. The maximum atomic E-state index is 6.10. The van der Waals surface area contributed by atoms with Crippen LogP contribution in [-0.2, 0) is 6.42 Å². The van der Waals surface area contributed by atoms with Gasteiger partial charge in [-0.25, -0.2) is 0 Å². The van der Waals surface area contributed by atoms with Crippen molar-refractivity contribution in [3.05, 3.63) is 68.1 Å². The van der Waals surface area contributed by atoms with E-state index in [1.165, 1.54) is 5.56 Å². The van der Waals surface area contributed by atoms with Crippen LogP contribution in [0.1, 0.15) is 16.0 Å². The average Bonchev–Trinajstić information content (AvgIpc) is 2.32. The summed E-state index contributed by atoms with van der Waals surface area (Å²) in [5, 5.41) is 1.49. The van der Waals surface area contributed by atoms with Gasteiger partial charge in [0.1, 0.15) is 0 Å². The van der Waals surface area contributed by atoms with Gasteiger partial charge in [0.2, 0.25) is 0 Å². The minimum Gasteiger partial charge on any atom is -0.0843 e. The highest BCUT2D eigenvalue weighted by Crippen LogP contribution is 2.32. The van der Waals surface area contributed by atoms with Gasteiger partial charge in [0.15, 0.2) is 0 Å². The molecule has 4 heteroatoms. The first-order chi connectivity index (χ1) is 8.56. The van der Waals surface area contributed by atoms with E-state index in [2.05, 4.69) is 44.0 Å². The molecule has 0 radical (unpaired) electrons. The molecule has 0 aliphatic heterocycles. The molecule has 1 atom stereocenters. The van der Waals surface area contributed by atoms with Crippen LogP contribution in [0.15, 0.2) is 46.9 Å². The predicted octanol–water partition coefficient (Wildman–Crippen LogP) is 6.43. The number of hydrogen-bond acceptors (Lipinski definition) is 0. The molecule has 0 saturated heterocycles. The van der Waals surface area contributed by atoms with Crippen LogP contribution in [0.25, 0.3) is 0 Å². The Morgan fingerprint density at radius 3 is 2.50 bits per heavy atom. The molecule has 0 amide bonds. The van der Waals surface area contributed by atoms with Crippen molar-refractivity contribution in [2.45, 2.75) is 11.2 Å². The van der Waals surface area contributed by atoms with Crippen LogP contribution in [0.3, 0.4) is 0 Å². The van der Waals surface area contributed by atoms with E-state index in [0.717, 1.165) is 26.5 Å². The van der Waals surface area contributed by atoms with Gasteiger partial charge in [-0.15, -0.1) is 0 Å². The molecule has 0 nitrogen and oxygen atoms in total. The molecule has 2 aromatic carbocycles. The maximum absolute atomic E-state index is 6.10. The van der Waals surface area contributed by atoms with Crippen molar-refractivity contribution in [2.24, 2.45) is 0 Å². The van der Waals surface area contributed by atoms with Crippen molar-refractivity contribution >= 4 is 55.1 Å². The molecular weight excluding hydrogens is 399 g/mol. The van der Waals surface area contributed by atoms with E-state index in [4.69, 9.17) is 23.2 Å². The van der Waals surface area contributed by atoms with Crippen LogP contribution in [0.5, 0.6) is 0 Å². The standard InChI is InChI=1S/C14H10Br2Cl2/c15-12-5-4-10(8-14(12)18)13(16)7-9-2-1-3-11(17)6-9/h1-6,8,13H,7H2. The normalized spacial score (nSPS) is 12.4. The van der Waals surface area contributed by atoms with Crippen LogP contribution in [0, 0.1) is 0 Å². The van der Waals surface area contributed by atoms with Crippen LogP contribution in [0.2, 0.25) is 10.0 Å². The van der Waals surface area contributed by atoms with E-state index in [-0.39, 0.29) is 4.83 Å². The molecule has 1 unspecified atom stereocenters. The van der Waals surface area contributed by atoms with E-state index < -0.39 is 0 Å². The SMILES string of the molecule is Clc1cccc(CC(Br)c2ccc(Br)c(Cl)c2)c1. The molecule has 0 N–H and O–H groups in total. The molecule has 0 bridgehead atoms. The Kier molecular flexibility index (Phi) is 5.14. The van der Waals surface area contributed by atoms with Gasteiger partial charge in [0.25, 0.3) is 0 Å². The van der Waals surface area contributed by atoms with E-state index in [1.807, 2.05) is 30.3 Å². The van der Waals surface area contributed by atoms with Crippen molar-refractivity contribution in [1.29, 1.82) is 0 Å². The van der Waals surface area contributed by atoms with Gasteiger partial charge in [0.05, 0.1) is 5.02 Å². The fourth-order valence-corrected chi connectivity index (χ4v) is 3.00. The molecule has 0 fully saturated rings. The molecule has 0 aliphatic rings. The Hall–Kier alpha value is -0.0200. The highest BCUT2D eigenvalue weighted by Gasteiger charge is 2.10. The Morgan fingerprint density at radius 1 is 1.06 bits per heavy atom. The fourth-order valence-electron chi connectivity index (χ4n) is 1.70. The second-order valence-electron chi connectivity index (χ2n) is 3.98. The van der Waals surface area contributed by atoms with Gasteiger partial charge in [-0.1, -0.05) is 57.3 Å². The number of benzene rings is 2. The molecule has 94 valence electrons. The summed E-state index contributed by atoms with van der Waals surface area (Å²) in [7, 11) is 0. The van der Waals surface area contributed by atoms with Gasteiger partial charge in [-0.3, -0.25) is 0 Å². The Balaban J connectivity index is 2.16. The summed E-state index contributed by atoms with van der Waals surface area (Å²) < 4.78 is 0.912. The van der Waals surface area contributed by atoms with E-state index >= 15 is 0 Å². The summed E-state index contributed by atoms with van der Waals surface area (Å²) in [5.41, 5.74) is 2.35. The van der Waals surface area contributed by atoms with Gasteiger partial charge in [0, 0.05) is 14.3 Å². The molecule has 0 saturated carbocycles. The summed E-state index contributed by atoms with van der Waals surface area (Å²) >= 11 is 19.2. The lowest BCUT2D eigenvalue weighted by Crippen LogP contribution is -1.95. The second kappa shape index (κ2) is 6.42. The zero-order valence-corrected chi connectivity index (χ0v) is 14.0. The topological polar surface area (TPSA) is 0 Å². The first-order valence-electron chi connectivity index (χ1n) is 5.40. The summed E-state index contributed by atoms with van der Waals surface area (Å²) in [4.78, 5) is 0.224. The highest BCUT2D eigenvalue weighted by atomic mass is 79.9. The monoisotopic (exact) mass is 406 g/mol. The molecule has 0 heterocycles. The zero-order valence-electron chi connectivity index (χ0n) is 9.34. The van der Waals surface area contributed by atoms with Crippen LogP contribution >= 0.6 is 55.1 Å². The first kappa shape index (κ1) is 14.4. The first-order valence-corrected chi connectivity index (χ1v) is 7.86. The largest absolute Gasteiger partial charge is 0.0843 e. The van der Waals surface area contributed by atoms with Gasteiger partial charge >= 0.3 is 0 Å². The van der Waals surface area contributed by atoms with Crippen LogP contribution in [-0.4, -0.2) is 0 Å². The predicted molar refractivity (Wildman–Crippen MR) is 86.0 cm³/mol. The zero-order chi connectivity index (χ0) is 13.1. The third kappa shape index (κ3) is 3.74. The van der Waals surface area contributed by atoms with Crippen LogP contribution in [0.4, 0.5) is 0 Å². The van der Waals surface area contributed by atoms with Crippen molar-refractivity contribution in [3.63, 3.8) is 0 Å². The van der Waals surface area contributed by atoms with Gasteiger partial charge in [-0.2, -0.15) is 0 Å². The van der Waals surface area contributed by atoms with Gasteiger partial charge < -0.3 is 0 Å². The lowest BCUT2D eigenvalue weighted by atomic mass is 10.0. The Bertz CT molecular complexity index is 555. The quantitative estimate of drug-likeness (QED) is 0.513. The summed E-state index contributed by atoms with van der Waals surface area (Å²) in [6, 6.07) is 13.9. The molecule has 2 aromatic rings. The van der Waals surface area contributed by atoms with Crippen molar-refractivity contribution in [2.75, 3.05) is 0 Å². The Morgan fingerprint density at radius 2 is 1.83 bits per heavy atom. The maximum Gasteiger partial charge on any atom is 0.0551 e. The lowest BCUT2D eigenvalue weighted by Gasteiger charge is -2.11. The van der Waals surface area contributed by atoms with Gasteiger partial charge in [-0.05, 0) is 57.7 Å². The summed E-state index contributed by atoms with van der Waals surface area (Å²) in [6.45, 7) is 0. The minimum atomic E-state index is 0.224. The molecule has 18 heavy (non-hydrogen) atoms. The molecular formula is C14H10Br2Cl2. The summed E-state index contributed by atoms with van der Waals surface area (Å²) in [6.07, 6.45) is 0.874. The minimum absolute atomic E-state index is 0.224. The second-order valence-corrected chi connectivity index (χ2v) is 6.78. The lowest BCUT2D eigenvalue weighted by molar-refractivity contribution is 0.949. The number of halogens is 4. The third-order valence-electron chi connectivity index (χ3n) is 2.61. The summed E-state index contributed by atoms with van der Waals surface area (Å²) in [5.74, 6) is 0. The molecule has 2 rings (SSSR count). The van der Waals surface area contributed by atoms with Crippen molar-refractivity contribution < 1.29 is 0 Å². The van der Waals surface area contributed by atoms with E-state index in [1.54, 1.807) is 0 Å². The van der Waals surface area contributed by atoms with Crippen molar-refractivity contribution in [1.82, 2.24) is 0 Å². The number of alkyl halides is 1. The molecule has 0 spiro atoms. The molecule has 0 aliphatic carbocycles. The Labute approximate surface area is 134 Å². The fraction of sp³-hybridized carbons (Fsp3) is 0.143. The van der Waals surface area contributed by atoms with Crippen molar-refractivity contribution in [3.8, 4) is 0 Å². The third-order valence-corrected chi connectivity index (χ3v) is 4.93. The van der Waals surface area contributed by atoms with Crippen LogP contribution < -0.4 is 0 Å². The van der Waals surface area contributed by atoms with E-state index in [0.29, 0.717) is 0 Å². The highest BCUT2D eigenvalue weighted by molar-refractivity contribution is 9.10. The number of rotatable bonds is 3. The molecule has 0 aromatic heterocycles. The number of hydrogen-bond donors (Lipinski definition) is 0. The smallest absolute Gasteiger partial charge is 0.0551 e. The van der Waals surface area contributed by atoms with E-state index in [9.17, 15) is 0 Å².